The lowest BCUT2D eigenvalue weighted by Gasteiger charge is -2.16. The van der Waals surface area contributed by atoms with Crippen molar-refractivity contribution in [2.45, 2.75) is 0 Å². The van der Waals surface area contributed by atoms with Gasteiger partial charge in [0.15, 0.2) is 0 Å². The van der Waals surface area contributed by atoms with E-state index in [0.717, 1.165) is 44.6 Å². The Morgan fingerprint density at radius 3 is 1.91 bits per heavy atom. The number of hydrogen-bond acceptors (Lipinski definition) is 2. The third-order valence-electron chi connectivity index (χ3n) is 9.38. The van der Waals surface area contributed by atoms with Crippen molar-refractivity contribution in [2.75, 3.05) is 0 Å². The number of hydrogen-bond donors (Lipinski definition) is 0. The summed E-state index contributed by atoms with van der Waals surface area (Å²) in [6.45, 7) is 0. The van der Waals surface area contributed by atoms with Crippen LogP contribution < -0.4 is 0 Å². The van der Waals surface area contributed by atoms with Crippen LogP contribution in [0.3, 0.4) is 0 Å². The van der Waals surface area contributed by atoms with Crippen LogP contribution in [0.2, 0.25) is 0 Å². The molecule has 3 heterocycles. The minimum atomic E-state index is 0.868. The van der Waals surface area contributed by atoms with E-state index < -0.39 is 0 Å². The third-order valence-corrected chi connectivity index (χ3v) is 9.38. The molecule has 7 aromatic carbocycles. The zero-order valence-electron chi connectivity index (χ0n) is 24.8. The highest BCUT2D eigenvalue weighted by atomic mass is 15.0. The van der Waals surface area contributed by atoms with Gasteiger partial charge in [0.25, 0.3) is 0 Å². The van der Waals surface area contributed by atoms with Gasteiger partial charge >= 0.3 is 0 Å². The molecule has 0 aliphatic heterocycles. The molecule has 0 N–H and O–H groups in total. The summed E-state index contributed by atoms with van der Waals surface area (Å²) in [7, 11) is 0. The Hall–Kier alpha value is -6.26. The largest absolute Gasteiger partial charge is 0.309 e. The maximum Gasteiger partial charge on any atom is 0.0908 e. The van der Waals surface area contributed by atoms with Crippen LogP contribution >= 0.6 is 0 Å². The van der Waals surface area contributed by atoms with Crippen molar-refractivity contribution in [3.05, 3.63) is 158 Å². The number of fused-ring (bicyclic) bond motifs is 9. The van der Waals surface area contributed by atoms with Gasteiger partial charge in [-0.1, -0.05) is 97.1 Å². The number of aromatic nitrogens is 4. The number of rotatable bonds is 3. The van der Waals surface area contributed by atoms with E-state index in [1.807, 2.05) is 0 Å². The maximum absolute atomic E-state index is 4.75. The number of nitrogens with zero attached hydrogens (tertiary/aromatic N) is 4. The van der Waals surface area contributed by atoms with E-state index in [2.05, 4.69) is 155 Å². The summed E-state index contributed by atoms with van der Waals surface area (Å²) in [6, 6.07) is 52.5. The van der Waals surface area contributed by atoms with Crippen LogP contribution in [0.4, 0.5) is 0 Å². The molecule has 0 atom stereocenters. The molecule has 4 heteroatoms. The second-order valence-electron chi connectivity index (χ2n) is 11.9. The average molecular weight is 587 g/mol. The van der Waals surface area contributed by atoms with Gasteiger partial charge in [-0.15, -0.1) is 0 Å². The average Bonchev–Trinajstić information content (AvgIpc) is 3.63. The molecule has 0 aliphatic carbocycles. The Labute approximate surface area is 264 Å². The summed E-state index contributed by atoms with van der Waals surface area (Å²) in [6.07, 6.45) is 3.54. The van der Waals surface area contributed by atoms with Crippen molar-refractivity contribution in [1.29, 1.82) is 0 Å². The lowest BCUT2D eigenvalue weighted by molar-refractivity contribution is 1.16. The van der Waals surface area contributed by atoms with Crippen LogP contribution in [0.25, 0.3) is 87.9 Å². The van der Waals surface area contributed by atoms with Crippen molar-refractivity contribution < 1.29 is 0 Å². The van der Waals surface area contributed by atoms with E-state index in [1.54, 1.807) is 12.4 Å². The zero-order chi connectivity index (χ0) is 30.2. The number of para-hydroxylation sites is 2. The molecular formula is C42H26N4. The van der Waals surface area contributed by atoms with E-state index in [1.165, 1.54) is 43.4 Å². The molecule has 10 rings (SSSR count). The Bertz CT molecular complexity index is 2790. The maximum atomic E-state index is 4.75. The predicted octanol–water partition coefficient (Wildman–Crippen LogP) is 10.6. The van der Waals surface area contributed by atoms with Gasteiger partial charge in [-0.3, -0.25) is 9.97 Å². The molecule has 0 fully saturated rings. The van der Waals surface area contributed by atoms with Gasteiger partial charge in [-0.2, -0.15) is 0 Å². The molecule has 214 valence electrons. The van der Waals surface area contributed by atoms with Gasteiger partial charge in [0.1, 0.15) is 0 Å². The van der Waals surface area contributed by atoms with Crippen molar-refractivity contribution in [1.82, 2.24) is 19.1 Å². The smallest absolute Gasteiger partial charge is 0.0908 e. The highest BCUT2D eigenvalue weighted by Gasteiger charge is 2.22. The molecule has 0 spiro atoms. The van der Waals surface area contributed by atoms with Crippen molar-refractivity contribution in [3.63, 3.8) is 0 Å². The monoisotopic (exact) mass is 586 g/mol. The van der Waals surface area contributed by atoms with Gasteiger partial charge in [0.2, 0.25) is 0 Å². The molecule has 0 bridgehead atoms. The van der Waals surface area contributed by atoms with Crippen LogP contribution in [0.1, 0.15) is 0 Å². The van der Waals surface area contributed by atoms with Crippen LogP contribution in [-0.4, -0.2) is 19.1 Å². The second-order valence-corrected chi connectivity index (χ2v) is 11.9. The van der Waals surface area contributed by atoms with Crippen molar-refractivity contribution in [3.8, 4) is 22.5 Å². The van der Waals surface area contributed by atoms with Crippen molar-refractivity contribution >= 4 is 65.4 Å². The van der Waals surface area contributed by atoms with E-state index in [-0.39, 0.29) is 0 Å². The zero-order valence-corrected chi connectivity index (χ0v) is 24.8. The standard InChI is InChI=1S/C42H26N4/c1-3-11-27(12-4-1)32-24-35-36(44-22-21-43-35)25-39(32)46-38-20-19-28-13-7-8-16-30(28)42(38)34-23-33-31-17-9-10-18-37(31)45(40(33)26-41(34)46)29-14-5-2-6-15-29/h1-26H. The SMILES string of the molecule is c1ccc(-c2cc3nccnc3cc2-n2c3cc4c(cc3c3c5ccccc5ccc32)c2ccccc2n4-c2ccccc2)cc1. The fourth-order valence-electron chi connectivity index (χ4n) is 7.40. The Kier molecular flexibility index (Phi) is 5.25. The fourth-order valence-corrected chi connectivity index (χ4v) is 7.40. The fraction of sp³-hybridized carbons (Fsp3) is 0. The molecule has 10 aromatic rings. The molecule has 0 unspecified atom stereocenters. The van der Waals surface area contributed by atoms with Crippen LogP contribution in [-0.2, 0) is 0 Å². The van der Waals surface area contributed by atoms with Crippen LogP contribution in [0.5, 0.6) is 0 Å². The quantitative estimate of drug-likeness (QED) is 0.206. The second kappa shape index (κ2) is 9.62. The molecule has 0 radical (unpaired) electrons. The highest BCUT2D eigenvalue weighted by molar-refractivity contribution is 6.25. The first-order chi connectivity index (χ1) is 22.8. The molecular weight excluding hydrogens is 560 g/mol. The molecule has 0 amide bonds. The highest BCUT2D eigenvalue weighted by Crippen LogP contribution is 2.43. The first-order valence-electron chi connectivity index (χ1n) is 15.6. The lowest BCUT2D eigenvalue weighted by Crippen LogP contribution is -1.99. The van der Waals surface area contributed by atoms with Gasteiger partial charge in [0, 0.05) is 45.2 Å². The van der Waals surface area contributed by atoms with E-state index >= 15 is 0 Å². The number of benzene rings is 7. The first kappa shape index (κ1) is 25.1. The van der Waals surface area contributed by atoms with E-state index in [4.69, 9.17) is 9.97 Å². The molecule has 0 saturated carbocycles. The van der Waals surface area contributed by atoms with Gasteiger partial charge in [0.05, 0.1) is 38.8 Å². The van der Waals surface area contributed by atoms with Gasteiger partial charge in [-0.25, -0.2) is 0 Å². The lowest BCUT2D eigenvalue weighted by atomic mass is 10.0. The molecule has 3 aromatic heterocycles. The summed E-state index contributed by atoms with van der Waals surface area (Å²) in [5, 5.41) is 7.45. The molecule has 46 heavy (non-hydrogen) atoms. The minimum Gasteiger partial charge on any atom is -0.309 e. The van der Waals surface area contributed by atoms with Crippen molar-refractivity contribution in [2.24, 2.45) is 0 Å². The summed E-state index contributed by atoms with van der Waals surface area (Å²) < 4.78 is 4.84. The Balaban J connectivity index is 1.44. The molecule has 0 saturated heterocycles. The summed E-state index contributed by atoms with van der Waals surface area (Å²) in [5.74, 6) is 0. The third kappa shape index (κ3) is 3.55. The Morgan fingerprint density at radius 1 is 0.413 bits per heavy atom. The van der Waals surface area contributed by atoms with Gasteiger partial charge in [-0.05, 0) is 64.9 Å². The normalized spacial score (nSPS) is 11.9. The Morgan fingerprint density at radius 2 is 1.09 bits per heavy atom. The minimum absolute atomic E-state index is 0.868. The summed E-state index contributed by atoms with van der Waals surface area (Å²) in [4.78, 5) is 9.44. The molecule has 0 aliphatic rings. The van der Waals surface area contributed by atoms with E-state index in [9.17, 15) is 0 Å². The summed E-state index contributed by atoms with van der Waals surface area (Å²) in [5.41, 5.74) is 10.9. The summed E-state index contributed by atoms with van der Waals surface area (Å²) >= 11 is 0. The first-order valence-corrected chi connectivity index (χ1v) is 15.6. The van der Waals surface area contributed by atoms with E-state index in [0.29, 0.717) is 0 Å². The van der Waals surface area contributed by atoms with Crippen LogP contribution in [0.15, 0.2) is 158 Å². The van der Waals surface area contributed by atoms with Gasteiger partial charge < -0.3 is 9.13 Å². The topological polar surface area (TPSA) is 35.6 Å². The predicted molar refractivity (Wildman–Crippen MR) is 191 cm³/mol. The van der Waals surface area contributed by atoms with Crippen LogP contribution in [0, 0.1) is 0 Å². The molecule has 4 nitrogen and oxygen atoms in total.